The monoisotopic (exact) mass is 278 g/mol. The Morgan fingerprint density at radius 2 is 2.00 bits per heavy atom. The van der Waals surface area contributed by atoms with E-state index in [1.807, 2.05) is 6.92 Å². The minimum absolute atomic E-state index is 0.175. The molecule has 6 nitrogen and oxygen atoms in total. The second-order valence-corrected chi connectivity index (χ2v) is 6.49. The van der Waals surface area contributed by atoms with Crippen molar-refractivity contribution >= 4 is 16.1 Å². The fourth-order valence-electron chi connectivity index (χ4n) is 2.03. The summed E-state index contributed by atoms with van der Waals surface area (Å²) in [5.74, 6) is 0.478. The van der Waals surface area contributed by atoms with Crippen LogP contribution in [0.15, 0.2) is 0 Å². The molecule has 0 atom stereocenters. The lowest BCUT2D eigenvalue weighted by molar-refractivity contribution is 0.106. The summed E-state index contributed by atoms with van der Waals surface area (Å²) in [4.78, 5) is 12.9. The highest BCUT2D eigenvalue weighted by molar-refractivity contribution is 7.89. The van der Waals surface area contributed by atoms with Crippen LogP contribution < -0.4 is 4.72 Å². The summed E-state index contributed by atoms with van der Waals surface area (Å²) in [6.07, 6.45) is 1.93. The average Bonchev–Trinajstić information content (AvgIpc) is 2.36. The molecule has 1 N–H and O–H groups in total. The van der Waals surface area contributed by atoms with Gasteiger partial charge in [0, 0.05) is 19.6 Å². The zero-order valence-corrected chi connectivity index (χ0v) is 11.8. The summed E-state index contributed by atoms with van der Waals surface area (Å²) < 4.78 is 30.3. The van der Waals surface area contributed by atoms with Crippen LogP contribution in [0.4, 0.5) is 4.79 Å². The van der Waals surface area contributed by atoms with Crippen molar-refractivity contribution in [3.05, 3.63) is 0 Å². The van der Waals surface area contributed by atoms with Gasteiger partial charge in [-0.25, -0.2) is 17.9 Å². The Hall–Kier alpha value is -0.820. The van der Waals surface area contributed by atoms with Crippen LogP contribution in [0.1, 0.15) is 26.2 Å². The SMILES string of the molecule is CCCS(=O)(=O)NCC1CCN(C(=O)OC)CC1. The first-order valence-corrected chi connectivity index (χ1v) is 7.94. The second-order valence-electron chi connectivity index (χ2n) is 4.57. The van der Waals surface area contributed by atoms with Gasteiger partial charge in [-0.15, -0.1) is 0 Å². The van der Waals surface area contributed by atoms with Crippen LogP contribution in [0.3, 0.4) is 0 Å². The Morgan fingerprint density at radius 3 is 2.50 bits per heavy atom. The summed E-state index contributed by atoms with van der Waals surface area (Å²) in [6, 6.07) is 0. The van der Waals surface area contributed by atoms with E-state index < -0.39 is 10.0 Å². The van der Waals surface area contributed by atoms with E-state index >= 15 is 0 Å². The predicted octanol–water partition coefficient (Wildman–Crippen LogP) is 0.794. The summed E-state index contributed by atoms with van der Waals surface area (Å²) >= 11 is 0. The number of nitrogens with one attached hydrogen (secondary N) is 1. The first-order chi connectivity index (χ1) is 8.48. The van der Waals surface area contributed by atoms with E-state index in [0.29, 0.717) is 32.0 Å². The molecule has 0 aliphatic carbocycles. The summed E-state index contributed by atoms with van der Waals surface area (Å²) in [7, 11) is -1.75. The molecule has 18 heavy (non-hydrogen) atoms. The molecule has 0 bridgehead atoms. The van der Waals surface area contributed by atoms with Crippen molar-refractivity contribution in [3.63, 3.8) is 0 Å². The number of likely N-dealkylation sites (tertiary alicyclic amines) is 1. The third kappa shape index (κ3) is 4.81. The van der Waals surface area contributed by atoms with Crippen LogP contribution in [0.2, 0.25) is 0 Å². The predicted molar refractivity (Wildman–Crippen MR) is 68.8 cm³/mol. The number of piperidine rings is 1. The standard InChI is InChI=1S/C11H22N2O4S/c1-3-8-18(15,16)12-9-10-4-6-13(7-5-10)11(14)17-2/h10,12H,3-9H2,1-2H3. The van der Waals surface area contributed by atoms with Gasteiger partial charge in [0.25, 0.3) is 0 Å². The Balaban J connectivity index is 2.30. The Bertz CT molecular complexity index is 361. The van der Waals surface area contributed by atoms with E-state index in [-0.39, 0.29) is 11.8 Å². The van der Waals surface area contributed by atoms with Gasteiger partial charge in [-0.1, -0.05) is 6.92 Å². The van der Waals surface area contributed by atoms with Crippen molar-refractivity contribution < 1.29 is 17.9 Å². The molecule has 0 aromatic rings. The molecule has 0 radical (unpaired) electrons. The zero-order chi connectivity index (χ0) is 13.6. The number of hydrogen-bond acceptors (Lipinski definition) is 4. The molecule has 1 amide bonds. The number of sulfonamides is 1. The van der Waals surface area contributed by atoms with Crippen molar-refractivity contribution in [2.45, 2.75) is 26.2 Å². The fourth-order valence-corrected chi connectivity index (χ4v) is 3.21. The van der Waals surface area contributed by atoms with Gasteiger partial charge >= 0.3 is 6.09 Å². The highest BCUT2D eigenvalue weighted by Crippen LogP contribution is 2.17. The normalized spacial score (nSPS) is 17.8. The quantitative estimate of drug-likeness (QED) is 0.807. The molecule has 0 saturated carbocycles. The van der Waals surface area contributed by atoms with Crippen LogP contribution in [0, 0.1) is 5.92 Å². The molecule has 1 heterocycles. The van der Waals surface area contributed by atoms with Crippen molar-refractivity contribution in [1.29, 1.82) is 0 Å². The molecule has 0 aromatic heterocycles. The molecule has 0 unspecified atom stereocenters. The summed E-state index contributed by atoms with van der Waals surface area (Å²) in [6.45, 7) is 3.57. The Kier molecular flexibility index (Phi) is 5.87. The Morgan fingerprint density at radius 1 is 1.39 bits per heavy atom. The zero-order valence-electron chi connectivity index (χ0n) is 11.0. The van der Waals surface area contributed by atoms with Crippen LogP contribution in [0.25, 0.3) is 0 Å². The van der Waals surface area contributed by atoms with Gasteiger partial charge in [0.15, 0.2) is 0 Å². The number of nitrogens with zero attached hydrogens (tertiary/aromatic N) is 1. The van der Waals surface area contributed by atoms with Crippen molar-refractivity contribution in [3.8, 4) is 0 Å². The van der Waals surface area contributed by atoms with Crippen molar-refractivity contribution in [2.75, 3.05) is 32.5 Å². The lowest BCUT2D eigenvalue weighted by Gasteiger charge is -2.30. The van der Waals surface area contributed by atoms with E-state index in [9.17, 15) is 13.2 Å². The van der Waals surface area contributed by atoms with Gasteiger partial charge in [-0.2, -0.15) is 0 Å². The lowest BCUT2D eigenvalue weighted by atomic mass is 9.97. The highest BCUT2D eigenvalue weighted by atomic mass is 32.2. The van der Waals surface area contributed by atoms with Gasteiger partial charge in [0.1, 0.15) is 0 Å². The molecule has 0 aromatic carbocycles. The number of carbonyl (C=O) groups excluding carboxylic acids is 1. The van der Waals surface area contributed by atoms with E-state index in [1.54, 1.807) is 4.90 Å². The third-order valence-electron chi connectivity index (χ3n) is 3.11. The van der Waals surface area contributed by atoms with E-state index in [2.05, 4.69) is 9.46 Å². The van der Waals surface area contributed by atoms with Crippen molar-refractivity contribution in [1.82, 2.24) is 9.62 Å². The van der Waals surface area contributed by atoms with Crippen LogP contribution in [-0.4, -0.2) is 51.9 Å². The topological polar surface area (TPSA) is 75.7 Å². The highest BCUT2D eigenvalue weighted by Gasteiger charge is 2.24. The molecule has 1 fully saturated rings. The van der Waals surface area contributed by atoms with Crippen LogP contribution in [-0.2, 0) is 14.8 Å². The minimum Gasteiger partial charge on any atom is -0.453 e. The second kappa shape index (κ2) is 6.94. The van der Waals surface area contributed by atoms with Crippen molar-refractivity contribution in [2.24, 2.45) is 5.92 Å². The van der Waals surface area contributed by atoms with Crippen LogP contribution in [0.5, 0.6) is 0 Å². The number of methoxy groups -OCH3 is 1. The molecular weight excluding hydrogens is 256 g/mol. The van der Waals surface area contributed by atoms with Gasteiger partial charge in [-0.3, -0.25) is 0 Å². The maximum Gasteiger partial charge on any atom is 0.409 e. The molecule has 1 aliphatic heterocycles. The fraction of sp³-hybridized carbons (Fsp3) is 0.909. The van der Waals surface area contributed by atoms with Gasteiger partial charge in [-0.05, 0) is 25.2 Å². The first-order valence-electron chi connectivity index (χ1n) is 6.28. The summed E-state index contributed by atoms with van der Waals surface area (Å²) in [5, 5.41) is 0. The molecular formula is C11H22N2O4S. The maximum absolute atomic E-state index is 11.5. The van der Waals surface area contributed by atoms with E-state index in [0.717, 1.165) is 12.8 Å². The number of carbonyl (C=O) groups is 1. The van der Waals surface area contributed by atoms with E-state index in [1.165, 1.54) is 7.11 Å². The van der Waals surface area contributed by atoms with Crippen LogP contribution >= 0.6 is 0 Å². The number of amides is 1. The molecule has 1 rings (SSSR count). The molecule has 106 valence electrons. The number of hydrogen-bond donors (Lipinski definition) is 1. The molecule has 1 aliphatic rings. The third-order valence-corrected chi connectivity index (χ3v) is 4.66. The van der Waals surface area contributed by atoms with Gasteiger partial charge in [0.2, 0.25) is 10.0 Å². The first kappa shape index (κ1) is 15.2. The molecule has 1 saturated heterocycles. The molecule has 7 heteroatoms. The van der Waals surface area contributed by atoms with E-state index in [4.69, 9.17) is 0 Å². The Labute approximate surface area is 109 Å². The smallest absolute Gasteiger partial charge is 0.409 e. The lowest BCUT2D eigenvalue weighted by Crippen LogP contribution is -2.41. The molecule has 0 spiro atoms. The summed E-state index contributed by atoms with van der Waals surface area (Å²) in [5.41, 5.74) is 0. The average molecular weight is 278 g/mol. The minimum atomic E-state index is -3.12. The van der Waals surface area contributed by atoms with Gasteiger partial charge in [0.05, 0.1) is 12.9 Å². The number of rotatable bonds is 5. The number of ether oxygens (including phenoxy) is 1. The maximum atomic E-state index is 11.5. The van der Waals surface area contributed by atoms with Gasteiger partial charge < -0.3 is 9.64 Å². The largest absolute Gasteiger partial charge is 0.453 e.